The molecule has 0 N–H and O–H groups in total. The predicted molar refractivity (Wildman–Crippen MR) is 75.2 cm³/mol. The molecule has 1 saturated heterocycles. The van der Waals surface area contributed by atoms with Gasteiger partial charge < -0.3 is 4.52 Å². The molecule has 5 heteroatoms. The molecule has 0 aliphatic carbocycles. The zero-order valence-electron chi connectivity index (χ0n) is 11.8. The lowest BCUT2D eigenvalue weighted by atomic mass is 10.2. The average Bonchev–Trinajstić information content (AvgIpc) is 3.14. The molecule has 1 atom stereocenters. The third kappa shape index (κ3) is 2.88. The monoisotopic (exact) mass is 272 g/mol. The quantitative estimate of drug-likeness (QED) is 0.836. The SMILES string of the molecule is CCc1nc(C2CCCN2CCc2ccccn2)no1. The van der Waals surface area contributed by atoms with Gasteiger partial charge in [0.2, 0.25) is 5.89 Å². The summed E-state index contributed by atoms with van der Waals surface area (Å²) in [6.07, 6.45) is 5.93. The maximum absolute atomic E-state index is 5.24. The van der Waals surface area contributed by atoms with Gasteiger partial charge >= 0.3 is 0 Å². The Hall–Kier alpha value is -1.75. The van der Waals surface area contributed by atoms with Gasteiger partial charge in [0.15, 0.2) is 5.82 Å². The van der Waals surface area contributed by atoms with Crippen LogP contribution in [-0.4, -0.2) is 33.1 Å². The van der Waals surface area contributed by atoms with Gasteiger partial charge in [-0.05, 0) is 31.5 Å². The van der Waals surface area contributed by atoms with Gasteiger partial charge in [-0.1, -0.05) is 18.1 Å². The molecular formula is C15H20N4O. The van der Waals surface area contributed by atoms with Gasteiger partial charge in [-0.15, -0.1) is 0 Å². The fraction of sp³-hybridized carbons (Fsp3) is 0.533. The van der Waals surface area contributed by atoms with E-state index in [0.717, 1.165) is 49.8 Å². The lowest BCUT2D eigenvalue weighted by Gasteiger charge is -2.21. The summed E-state index contributed by atoms with van der Waals surface area (Å²) in [5.74, 6) is 1.58. The predicted octanol–water partition coefficient (Wildman–Crippen LogP) is 2.41. The van der Waals surface area contributed by atoms with Crippen LogP contribution < -0.4 is 0 Å². The highest BCUT2D eigenvalue weighted by atomic mass is 16.5. The number of rotatable bonds is 5. The molecule has 1 unspecified atom stereocenters. The molecule has 1 fully saturated rings. The van der Waals surface area contributed by atoms with E-state index in [1.54, 1.807) is 0 Å². The summed E-state index contributed by atoms with van der Waals surface area (Å²) in [4.78, 5) is 11.3. The second-order valence-electron chi connectivity index (χ2n) is 5.16. The Morgan fingerprint density at radius 3 is 3.10 bits per heavy atom. The smallest absolute Gasteiger partial charge is 0.226 e. The summed E-state index contributed by atoms with van der Waals surface area (Å²) in [5, 5.41) is 4.13. The van der Waals surface area contributed by atoms with Gasteiger partial charge in [0.1, 0.15) is 0 Å². The van der Waals surface area contributed by atoms with Gasteiger partial charge in [-0.3, -0.25) is 9.88 Å². The van der Waals surface area contributed by atoms with Crippen LogP contribution in [0.15, 0.2) is 28.9 Å². The minimum Gasteiger partial charge on any atom is -0.339 e. The van der Waals surface area contributed by atoms with Crippen molar-refractivity contribution in [3.63, 3.8) is 0 Å². The van der Waals surface area contributed by atoms with Gasteiger partial charge in [-0.25, -0.2) is 0 Å². The molecule has 0 amide bonds. The lowest BCUT2D eigenvalue weighted by Crippen LogP contribution is -2.26. The van der Waals surface area contributed by atoms with Crippen molar-refractivity contribution in [1.82, 2.24) is 20.0 Å². The van der Waals surface area contributed by atoms with Crippen molar-refractivity contribution < 1.29 is 4.52 Å². The van der Waals surface area contributed by atoms with Crippen molar-refractivity contribution in [2.75, 3.05) is 13.1 Å². The largest absolute Gasteiger partial charge is 0.339 e. The number of aryl methyl sites for hydroxylation is 1. The van der Waals surface area contributed by atoms with Crippen molar-refractivity contribution in [1.29, 1.82) is 0 Å². The Kier molecular flexibility index (Phi) is 4.06. The first-order chi connectivity index (χ1) is 9.86. The maximum Gasteiger partial charge on any atom is 0.226 e. The minimum absolute atomic E-state index is 0.308. The molecule has 1 aliphatic rings. The number of pyridine rings is 1. The molecule has 0 saturated carbocycles. The normalized spacial score (nSPS) is 19.6. The van der Waals surface area contributed by atoms with Crippen LogP contribution in [-0.2, 0) is 12.8 Å². The molecule has 0 radical (unpaired) electrons. The van der Waals surface area contributed by atoms with E-state index in [-0.39, 0.29) is 0 Å². The van der Waals surface area contributed by atoms with E-state index in [1.165, 1.54) is 6.42 Å². The molecule has 1 aliphatic heterocycles. The molecule has 2 aromatic rings. The van der Waals surface area contributed by atoms with Crippen LogP contribution >= 0.6 is 0 Å². The average molecular weight is 272 g/mol. The van der Waals surface area contributed by atoms with Crippen LogP contribution in [0.1, 0.15) is 43.2 Å². The van der Waals surface area contributed by atoms with Crippen LogP contribution in [0, 0.1) is 0 Å². The Labute approximate surface area is 119 Å². The third-order valence-corrected chi connectivity index (χ3v) is 3.83. The van der Waals surface area contributed by atoms with Crippen LogP contribution in [0.25, 0.3) is 0 Å². The summed E-state index contributed by atoms with van der Waals surface area (Å²) in [6.45, 7) is 4.13. The van der Waals surface area contributed by atoms with Crippen molar-refractivity contribution in [2.45, 2.75) is 38.6 Å². The van der Waals surface area contributed by atoms with Crippen LogP contribution in [0.2, 0.25) is 0 Å². The van der Waals surface area contributed by atoms with Crippen molar-refractivity contribution in [3.05, 3.63) is 41.8 Å². The molecule has 3 heterocycles. The molecular weight excluding hydrogens is 252 g/mol. The minimum atomic E-state index is 0.308. The van der Waals surface area contributed by atoms with Crippen molar-refractivity contribution >= 4 is 0 Å². The number of likely N-dealkylation sites (tertiary alicyclic amines) is 1. The molecule has 2 aromatic heterocycles. The second kappa shape index (κ2) is 6.13. The summed E-state index contributed by atoms with van der Waals surface area (Å²) >= 11 is 0. The summed E-state index contributed by atoms with van der Waals surface area (Å²) in [6, 6.07) is 6.38. The highest BCUT2D eigenvalue weighted by Gasteiger charge is 2.29. The summed E-state index contributed by atoms with van der Waals surface area (Å²) in [7, 11) is 0. The van der Waals surface area contributed by atoms with E-state index in [9.17, 15) is 0 Å². The van der Waals surface area contributed by atoms with Crippen LogP contribution in [0.3, 0.4) is 0 Å². The molecule has 20 heavy (non-hydrogen) atoms. The molecule has 5 nitrogen and oxygen atoms in total. The highest BCUT2D eigenvalue weighted by molar-refractivity contribution is 5.05. The number of hydrogen-bond acceptors (Lipinski definition) is 5. The molecule has 0 spiro atoms. The van der Waals surface area contributed by atoms with E-state index in [0.29, 0.717) is 6.04 Å². The summed E-state index contributed by atoms with van der Waals surface area (Å²) < 4.78 is 5.24. The first-order valence-corrected chi connectivity index (χ1v) is 7.33. The van der Waals surface area contributed by atoms with E-state index < -0.39 is 0 Å². The van der Waals surface area contributed by atoms with E-state index in [1.807, 2.05) is 25.3 Å². The number of aromatic nitrogens is 3. The Bertz CT molecular complexity index is 540. The molecule has 0 aromatic carbocycles. The standard InChI is InChI=1S/C15H20N4O/c1-2-14-17-15(18-20-14)13-7-5-10-19(13)11-8-12-6-3-4-9-16-12/h3-4,6,9,13H,2,5,7-8,10-11H2,1H3. The lowest BCUT2D eigenvalue weighted by molar-refractivity contribution is 0.244. The third-order valence-electron chi connectivity index (χ3n) is 3.83. The maximum atomic E-state index is 5.24. The second-order valence-corrected chi connectivity index (χ2v) is 5.16. The Balaban J connectivity index is 1.63. The van der Waals surface area contributed by atoms with Gasteiger partial charge in [0.25, 0.3) is 0 Å². The van der Waals surface area contributed by atoms with Crippen LogP contribution in [0.5, 0.6) is 0 Å². The van der Waals surface area contributed by atoms with Gasteiger partial charge in [0, 0.05) is 31.3 Å². The molecule has 3 rings (SSSR count). The Morgan fingerprint density at radius 1 is 1.40 bits per heavy atom. The number of nitrogens with zero attached hydrogens (tertiary/aromatic N) is 4. The topological polar surface area (TPSA) is 55.1 Å². The first-order valence-electron chi connectivity index (χ1n) is 7.33. The molecule has 0 bridgehead atoms. The highest BCUT2D eigenvalue weighted by Crippen LogP contribution is 2.30. The zero-order chi connectivity index (χ0) is 13.8. The van der Waals surface area contributed by atoms with E-state index in [2.05, 4.69) is 26.1 Å². The van der Waals surface area contributed by atoms with Gasteiger partial charge in [-0.2, -0.15) is 4.98 Å². The van der Waals surface area contributed by atoms with Crippen LogP contribution in [0.4, 0.5) is 0 Å². The van der Waals surface area contributed by atoms with Crippen molar-refractivity contribution in [3.8, 4) is 0 Å². The summed E-state index contributed by atoms with van der Waals surface area (Å²) in [5.41, 5.74) is 1.14. The molecule has 106 valence electrons. The van der Waals surface area contributed by atoms with E-state index >= 15 is 0 Å². The fourth-order valence-corrected chi connectivity index (χ4v) is 2.74. The van der Waals surface area contributed by atoms with Gasteiger partial charge in [0.05, 0.1) is 6.04 Å². The number of hydrogen-bond donors (Lipinski definition) is 0. The first kappa shape index (κ1) is 13.2. The van der Waals surface area contributed by atoms with Crippen molar-refractivity contribution in [2.24, 2.45) is 0 Å². The Morgan fingerprint density at radius 2 is 2.35 bits per heavy atom. The zero-order valence-corrected chi connectivity index (χ0v) is 11.8. The fourth-order valence-electron chi connectivity index (χ4n) is 2.74. The van der Waals surface area contributed by atoms with E-state index in [4.69, 9.17) is 4.52 Å².